The summed E-state index contributed by atoms with van der Waals surface area (Å²) in [4.78, 5) is 5.61. The largest absolute Gasteiger partial charge is 0.315 e. The third-order valence-electron chi connectivity index (χ3n) is 2.31. The predicted octanol–water partition coefficient (Wildman–Crippen LogP) is 3.76. The third-order valence-corrected chi connectivity index (χ3v) is 3.89. The summed E-state index contributed by atoms with van der Waals surface area (Å²) in [6.45, 7) is 0.853. The van der Waals surface area contributed by atoms with Gasteiger partial charge in [-0.2, -0.15) is 0 Å². The lowest BCUT2D eigenvalue weighted by molar-refractivity contribution is 0.829. The van der Waals surface area contributed by atoms with Crippen LogP contribution in [0, 0.1) is 0 Å². The number of hydrogen-bond acceptors (Lipinski definition) is 3. The van der Waals surface area contributed by atoms with Crippen molar-refractivity contribution in [1.82, 2.24) is 10.3 Å². The van der Waals surface area contributed by atoms with Crippen LogP contribution in [0.1, 0.15) is 15.4 Å². The van der Waals surface area contributed by atoms with Crippen LogP contribution in [0.4, 0.5) is 0 Å². The van der Waals surface area contributed by atoms with Crippen LogP contribution in [-0.2, 0) is 13.0 Å². The first-order chi connectivity index (χ1) is 8.19. The molecule has 0 aliphatic heterocycles. The molecule has 1 heterocycles. The average Bonchev–Trinajstić information content (AvgIpc) is 2.71. The molecule has 0 unspecified atom stereocenters. The Morgan fingerprint density at radius 3 is 2.88 bits per heavy atom. The lowest BCUT2D eigenvalue weighted by Crippen LogP contribution is -2.02. The van der Waals surface area contributed by atoms with Crippen LogP contribution in [0.3, 0.4) is 0 Å². The summed E-state index contributed by atoms with van der Waals surface area (Å²) in [5.74, 6) is 0. The maximum Gasteiger partial charge on any atom is 0.0972 e. The molecule has 5 heteroatoms. The quantitative estimate of drug-likeness (QED) is 0.926. The first-order valence-corrected chi connectivity index (χ1v) is 6.78. The fraction of sp³-hybridized carbons (Fsp3) is 0.250. The second kappa shape index (κ2) is 5.83. The number of benzene rings is 1. The van der Waals surface area contributed by atoms with Crippen LogP contribution < -0.4 is 5.32 Å². The number of nitrogens with zero attached hydrogens (tertiary/aromatic N) is 1. The Labute approximate surface area is 115 Å². The molecular weight excluding hydrogens is 275 g/mol. The Morgan fingerprint density at radius 1 is 1.35 bits per heavy atom. The number of thiazole rings is 1. The van der Waals surface area contributed by atoms with Crippen molar-refractivity contribution in [1.29, 1.82) is 0 Å². The van der Waals surface area contributed by atoms with E-state index in [-0.39, 0.29) is 0 Å². The van der Waals surface area contributed by atoms with E-state index >= 15 is 0 Å². The van der Waals surface area contributed by atoms with Crippen molar-refractivity contribution in [2.75, 3.05) is 7.05 Å². The van der Waals surface area contributed by atoms with E-state index < -0.39 is 0 Å². The first-order valence-electron chi connectivity index (χ1n) is 5.21. The minimum Gasteiger partial charge on any atom is -0.315 e. The SMILES string of the molecule is CNCc1cnc(Cc2ccc(Cl)cc2Cl)s1. The summed E-state index contributed by atoms with van der Waals surface area (Å²) in [5.41, 5.74) is 1.06. The molecule has 2 aromatic rings. The van der Waals surface area contributed by atoms with Crippen molar-refractivity contribution in [3.8, 4) is 0 Å². The molecule has 0 aliphatic rings. The van der Waals surface area contributed by atoms with Crippen LogP contribution in [0.2, 0.25) is 10.0 Å². The fourth-order valence-electron chi connectivity index (χ4n) is 1.51. The summed E-state index contributed by atoms with van der Waals surface area (Å²) in [7, 11) is 1.93. The Hall–Kier alpha value is -0.610. The average molecular weight is 287 g/mol. The Kier molecular flexibility index (Phi) is 4.40. The molecule has 0 spiro atoms. The summed E-state index contributed by atoms with van der Waals surface area (Å²) in [6.07, 6.45) is 2.66. The smallest absolute Gasteiger partial charge is 0.0972 e. The van der Waals surface area contributed by atoms with E-state index in [0.717, 1.165) is 23.5 Å². The van der Waals surface area contributed by atoms with Crippen LogP contribution >= 0.6 is 34.5 Å². The molecule has 1 aromatic heterocycles. The molecule has 0 atom stereocenters. The van der Waals surface area contributed by atoms with Crippen LogP contribution in [0.25, 0.3) is 0 Å². The van der Waals surface area contributed by atoms with E-state index in [1.807, 2.05) is 25.4 Å². The molecule has 0 bridgehead atoms. The minimum atomic E-state index is 0.661. The summed E-state index contributed by atoms with van der Waals surface area (Å²) < 4.78 is 0. The van der Waals surface area contributed by atoms with Gasteiger partial charge in [-0.25, -0.2) is 4.98 Å². The molecule has 90 valence electrons. The molecule has 2 rings (SSSR count). The van der Waals surface area contributed by atoms with E-state index in [9.17, 15) is 0 Å². The lowest BCUT2D eigenvalue weighted by Gasteiger charge is -2.01. The van der Waals surface area contributed by atoms with Crippen LogP contribution in [0.15, 0.2) is 24.4 Å². The van der Waals surface area contributed by atoms with Gasteiger partial charge in [0, 0.05) is 34.1 Å². The van der Waals surface area contributed by atoms with Gasteiger partial charge >= 0.3 is 0 Å². The second-order valence-electron chi connectivity index (χ2n) is 3.66. The van der Waals surface area contributed by atoms with Crippen molar-refractivity contribution in [2.45, 2.75) is 13.0 Å². The Morgan fingerprint density at radius 2 is 2.18 bits per heavy atom. The molecule has 0 amide bonds. The Bertz CT molecular complexity index is 511. The van der Waals surface area contributed by atoms with Gasteiger partial charge in [-0.05, 0) is 24.7 Å². The highest BCUT2D eigenvalue weighted by Gasteiger charge is 2.06. The second-order valence-corrected chi connectivity index (χ2v) is 5.71. The summed E-state index contributed by atoms with van der Waals surface area (Å²) >= 11 is 13.7. The molecule has 0 radical (unpaired) electrons. The Balaban J connectivity index is 2.13. The zero-order valence-corrected chi connectivity index (χ0v) is 11.7. The minimum absolute atomic E-state index is 0.661. The van der Waals surface area contributed by atoms with E-state index in [4.69, 9.17) is 23.2 Å². The number of aromatic nitrogens is 1. The number of halogens is 2. The van der Waals surface area contributed by atoms with Crippen LogP contribution in [-0.4, -0.2) is 12.0 Å². The van der Waals surface area contributed by atoms with E-state index in [2.05, 4.69) is 10.3 Å². The van der Waals surface area contributed by atoms with Crippen molar-refractivity contribution < 1.29 is 0 Å². The topological polar surface area (TPSA) is 24.9 Å². The predicted molar refractivity (Wildman–Crippen MR) is 74.1 cm³/mol. The molecule has 0 aliphatic carbocycles. The van der Waals surface area contributed by atoms with E-state index in [1.54, 1.807) is 17.4 Å². The van der Waals surface area contributed by atoms with Gasteiger partial charge < -0.3 is 5.32 Å². The van der Waals surface area contributed by atoms with Gasteiger partial charge in [0.2, 0.25) is 0 Å². The van der Waals surface area contributed by atoms with Crippen molar-refractivity contribution >= 4 is 34.5 Å². The molecule has 0 saturated carbocycles. The van der Waals surface area contributed by atoms with Gasteiger partial charge in [-0.1, -0.05) is 29.3 Å². The summed E-state index contributed by atoms with van der Waals surface area (Å²) in [6, 6.07) is 5.56. The highest BCUT2D eigenvalue weighted by Crippen LogP contribution is 2.25. The van der Waals surface area contributed by atoms with Gasteiger partial charge in [0.1, 0.15) is 0 Å². The van der Waals surface area contributed by atoms with Crippen molar-refractivity contribution in [3.05, 3.63) is 49.9 Å². The van der Waals surface area contributed by atoms with Gasteiger partial charge in [-0.15, -0.1) is 11.3 Å². The highest BCUT2D eigenvalue weighted by molar-refractivity contribution is 7.11. The monoisotopic (exact) mass is 286 g/mol. The zero-order chi connectivity index (χ0) is 12.3. The van der Waals surface area contributed by atoms with Gasteiger partial charge in [0.25, 0.3) is 0 Å². The summed E-state index contributed by atoms with van der Waals surface area (Å²) in [5, 5.41) is 5.53. The molecule has 2 nitrogen and oxygen atoms in total. The third kappa shape index (κ3) is 3.42. The molecule has 17 heavy (non-hydrogen) atoms. The zero-order valence-electron chi connectivity index (χ0n) is 9.34. The number of nitrogens with one attached hydrogen (secondary N) is 1. The van der Waals surface area contributed by atoms with Crippen molar-refractivity contribution in [2.24, 2.45) is 0 Å². The molecule has 0 saturated heterocycles. The van der Waals surface area contributed by atoms with Gasteiger partial charge in [-0.3, -0.25) is 0 Å². The number of rotatable bonds is 4. The van der Waals surface area contributed by atoms with Gasteiger partial charge in [0.15, 0.2) is 0 Å². The lowest BCUT2D eigenvalue weighted by atomic mass is 10.1. The maximum absolute atomic E-state index is 6.13. The van der Waals surface area contributed by atoms with Crippen molar-refractivity contribution in [3.63, 3.8) is 0 Å². The fourth-order valence-corrected chi connectivity index (χ4v) is 2.95. The molecule has 1 N–H and O–H groups in total. The van der Waals surface area contributed by atoms with E-state index in [1.165, 1.54) is 4.88 Å². The normalized spacial score (nSPS) is 10.8. The maximum atomic E-state index is 6.13. The van der Waals surface area contributed by atoms with Gasteiger partial charge in [0.05, 0.1) is 5.01 Å². The van der Waals surface area contributed by atoms with E-state index in [0.29, 0.717) is 10.0 Å². The molecular formula is C12H12Cl2N2S. The van der Waals surface area contributed by atoms with Crippen LogP contribution in [0.5, 0.6) is 0 Å². The highest BCUT2D eigenvalue weighted by atomic mass is 35.5. The molecule has 0 fully saturated rings. The molecule has 1 aromatic carbocycles. The number of hydrogen-bond donors (Lipinski definition) is 1. The first kappa shape index (κ1) is 12.8. The standard InChI is InChI=1S/C12H12Cl2N2S/c1-15-6-10-7-16-12(17-10)4-8-2-3-9(13)5-11(8)14/h2-3,5,7,15H,4,6H2,1H3.